The van der Waals surface area contributed by atoms with Gasteiger partial charge in [0.2, 0.25) is 0 Å². The number of benzene rings is 1. The van der Waals surface area contributed by atoms with E-state index in [-0.39, 0.29) is 5.91 Å². The number of ether oxygens (including phenoxy) is 1. The number of amides is 1. The topological polar surface area (TPSA) is 38.3 Å². The Morgan fingerprint density at radius 1 is 1.47 bits per heavy atom. The van der Waals surface area contributed by atoms with Crippen LogP contribution in [0.15, 0.2) is 24.5 Å². The van der Waals surface area contributed by atoms with Crippen molar-refractivity contribution in [3.63, 3.8) is 0 Å². The molecule has 0 heterocycles. The van der Waals surface area contributed by atoms with E-state index in [9.17, 15) is 4.79 Å². The molecule has 0 bridgehead atoms. The molecule has 0 spiro atoms. The van der Waals surface area contributed by atoms with Gasteiger partial charge in [0, 0.05) is 11.1 Å². The average molecular weight is 274 g/mol. The zero-order chi connectivity index (χ0) is 12.8. The lowest BCUT2D eigenvalue weighted by Gasteiger charge is -2.09. The molecule has 17 heavy (non-hydrogen) atoms. The van der Waals surface area contributed by atoms with Gasteiger partial charge in [-0.3, -0.25) is 4.79 Å². The normalized spacial score (nSPS) is 10.6. The molecule has 3 nitrogen and oxygen atoms in total. The van der Waals surface area contributed by atoms with Gasteiger partial charge < -0.3 is 10.1 Å². The maximum atomic E-state index is 11.5. The Balaban J connectivity index is 2.78. The fourth-order valence-electron chi connectivity index (χ4n) is 1.23. The Bertz CT molecular complexity index is 421. The van der Waals surface area contributed by atoms with Crippen LogP contribution >= 0.6 is 23.2 Å². The average Bonchev–Trinajstić information content (AvgIpc) is 2.24. The van der Waals surface area contributed by atoms with Crippen molar-refractivity contribution < 1.29 is 9.53 Å². The lowest BCUT2D eigenvalue weighted by Crippen LogP contribution is -2.09. The maximum Gasteiger partial charge on any atom is 0.251 e. The summed E-state index contributed by atoms with van der Waals surface area (Å²) in [5.41, 5.74) is 1.36. The number of rotatable bonds is 4. The van der Waals surface area contributed by atoms with E-state index in [0.717, 1.165) is 5.56 Å². The molecule has 1 aromatic rings. The molecular weight excluding hydrogens is 261 g/mol. The fourth-order valence-corrected chi connectivity index (χ4v) is 1.87. The molecule has 0 radical (unpaired) electrons. The monoisotopic (exact) mass is 273 g/mol. The van der Waals surface area contributed by atoms with E-state index in [4.69, 9.17) is 27.9 Å². The maximum absolute atomic E-state index is 11.5. The van der Waals surface area contributed by atoms with Gasteiger partial charge in [0.25, 0.3) is 5.91 Å². The number of anilines is 1. The number of carbonyl (C=O) groups excluding carboxylic acids is 1. The number of hydrogen-bond acceptors (Lipinski definition) is 2. The standard InChI is InChI=1S/C12H13Cl2NO2/c1-3-17-5-4-11(16)15-12-8(2)6-9(13)7-10(12)14/h4-7H,3H2,1-2H3,(H,15,16)/b5-4+. The van der Waals surface area contributed by atoms with Gasteiger partial charge in [-0.2, -0.15) is 0 Å². The molecule has 1 amide bonds. The molecule has 0 saturated heterocycles. The van der Waals surface area contributed by atoms with Gasteiger partial charge in [0.1, 0.15) is 0 Å². The Kier molecular flexibility index (Phi) is 5.32. The van der Waals surface area contributed by atoms with E-state index in [1.807, 2.05) is 13.8 Å². The van der Waals surface area contributed by atoms with Gasteiger partial charge >= 0.3 is 0 Å². The van der Waals surface area contributed by atoms with Crippen molar-refractivity contribution in [3.05, 3.63) is 40.1 Å². The van der Waals surface area contributed by atoms with Crippen LogP contribution in [0.1, 0.15) is 12.5 Å². The van der Waals surface area contributed by atoms with Crippen LogP contribution in [-0.4, -0.2) is 12.5 Å². The predicted octanol–water partition coefficient (Wildman–Crippen LogP) is 3.79. The van der Waals surface area contributed by atoms with E-state index in [1.54, 1.807) is 12.1 Å². The van der Waals surface area contributed by atoms with Crippen LogP contribution in [0, 0.1) is 6.92 Å². The Morgan fingerprint density at radius 3 is 2.76 bits per heavy atom. The van der Waals surface area contributed by atoms with Crippen molar-refractivity contribution in [2.45, 2.75) is 13.8 Å². The smallest absolute Gasteiger partial charge is 0.251 e. The van der Waals surface area contributed by atoms with Crippen LogP contribution < -0.4 is 5.32 Å². The molecule has 0 aliphatic rings. The van der Waals surface area contributed by atoms with Crippen molar-refractivity contribution in [1.82, 2.24) is 0 Å². The SMILES string of the molecule is CCO/C=C/C(=O)Nc1c(C)cc(Cl)cc1Cl. The minimum Gasteiger partial charge on any atom is -0.501 e. The summed E-state index contributed by atoms with van der Waals surface area (Å²) in [5, 5.41) is 3.62. The van der Waals surface area contributed by atoms with E-state index in [2.05, 4.69) is 5.32 Å². The van der Waals surface area contributed by atoms with Gasteiger partial charge in [0.05, 0.1) is 23.6 Å². The summed E-state index contributed by atoms with van der Waals surface area (Å²) in [6.07, 6.45) is 2.64. The minimum atomic E-state index is -0.300. The second kappa shape index (κ2) is 6.52. The summed E-state index contributed by atoms with van der Waals surface area (Å²) in [6.45, 7) is 4.17. The molecule has 0 fully saturated rings. The molecule has 0 unspecified atom stereocenters. The minimum absolute atomic E-state index is 0.300. The van der Waals surface area contributed by atoms with E-state index >= 15 is 0 Å². The van der Waals surface area contributed by atoms with E-state index in [0.29, 0.717) is 22.3 Å². The quantitative estimate of drug-likeness (QED) is 0.670. The first kappa shape index (κ1) is 13.9. The number of hydrogen-bond donors (Lipinski definition) is 1. The van der Waals surface area contributed by atoms with Gasteiger partial charge in [-0.25, -0.2) is 0 Å². The van der Waals surface area contributed by atoms with Crippen molar-refractivity contribution in [3.8, 4) is 0 Å². The molecule has 1 N–H and O–H groups in total. The highest BCUT2D eigenvalue weighted by Gasteiger charge is 2.08. The summed E-state index contributed by atoms with van der Waals surface area (Å²) in [7, 11) is 0. The summed E-state index contributed by atoms with van der Waals surface area (Å²) in [4.78, 5) is 11.5. The van der Waals surface area contributed by atoms with Gasteiger partial charge in [-0.1, -0.05) is 23.2 Å². The Morgan fingerprint density at radius 2 is 2.18 bits per heavy atom. The van der Waals surface area contributed by atoms with Crippen molar-refractivity contribution in [1.29, 1.82) is 0 Å². The first-order chi connectivity index (χ1) is 8.04. The summed E-state index contributed by atoms with van der Waals surface area (Å²) < 4.78 is 4.93. The van der Waals surface area contributed by atoms with E-state index < -0.39 is 0 Å². The molecule has 1 aromatic carbocycles. The first-order valence-corrected chi connectivity index (χ1v) is 5.85. The van der Waals surface area contributed by atoms with Crippen LogP contribution in [0.25, 0.3) is 0 Å². The zero-order valence-corrected chi connectivity index (χ0v) is 11.1. The highest BCUT2D eigenvalue weighted by molar-refractivity contribution is 6.37. The summed E-state index contributed by atoms with van der Waals surface area (Å²) >= 11 is 11.8. The van der Waals surface area contributed by atoms with Gasteiger partial charge in [0.15, 0.2) is 0 Å². The predicted molar refractivity (Wildman–Crippen MR) is 70.6 cm³/mol. The zero-order valence-electron chi connectivity index (χ0n) is 9.59. The Hall–Kier alpha value is -1.19. The van der Waals surface area contributed by atoms with Crippen LogP contribution in [0.4, 0.5) is 5.69 Å². The highest BCUT2D eigenvalue weighted by atomic mass is 35.5. The van der Waals surface area contributed by atoms with Gasteiger partial charge in [-0.05, 0) is 31.5 Å². The molecule has 0 atom stereocenters. The molecular formula is C12H13Cl2NO2. The number of halogens is 2. The molecule has 0 aliphatic heterocycles. The van der Waals surface area contributed by atoms with Crippen LogP contribution in [0.2, 0.25) is 10.0 Å². The van der Waals surface area contributed by atoms with Crippen molar-refractivity contribution in [2.24, 2.45) is 0 Å². The van der Waals surface area contributed by atoms with Crippen molar-refractivity contribution in [2.75, 3.05) is 11.9 Å². The lowest BCUT2D eigenvalue weighted by molar-refractivity contribution is -0.112. The third-order valence-corrected chi connectivity index (χ3v) is 2.50. The molecule has 1 rings (SSSR count). The number of nitrogens with one attached hydrogen (secondary N) is 1. The second-order valence-electron chi connectivity index (χ2n) is 3.33. The molecule has 0 aliphatic carbocycles. The third-order valence-electron chi connectivity index (χ3n) is 1.98. The number of aryl methyl sites for hydroxylation is 1. The fraction of sp³-hybridized carbons (Fsp3) is 0.250. The summed E-state index contributed by atoms with van der Waals surface area (Å²) in [6, 6.07) is 3.31. The molecule has 0 saturated carbocycles. The summed E-state index contributed by atoms with van der Waals surface area (Å²) in [5.74, 6) is -0.300. The molecule has 0 aromatic heterocycles. The third kappa shape index (κ3) is 4.29. The van der Waals surface area contributed by atoms with Crippen LogP contribution in [-0.2, 0) is 9.53 Å². The molecule has 5 heteroatoms. The van der Waals surface area contributed by atoms with Crippen molar-refractivity contribution >= 4 is 34.8 Å². The highest BCUT2D eigenvalue weighted by Crippen LogP contribution is 2.29. The lowest BCUT2D eigenvalue weighted by atomic mass is 10.2. The van der Waals surface area contributed by atoms with Crippen LogP contribution in [0.5, 0.6) is 0 Å². The second-order valence-corrected chi connectivity index (χ2v) is 4.17. The first-order valence-electron chi connectivity index (χ1n) is 5.09. The van der Waals surface area contributed by atoms with E-state index in [1.165, 1.54) is 12.3 Å². The molecule has 92 valence electrons. The number of carbonyl (C=O) groups is 1. The van der Waals surface area contributed by atoms with Crippen LogP contribution in [0.3, 0.4) is 0 Å². The Labute approximate surface area is 110 Å². The van der Waals surface area contributed by atoms with Gasteiger partial charge in [-0.15, -0.1) is 0 Å². The largest absolute Gasteiger partial charge is 0.501 e.